The smallest absolute Gasteiger partial charge is 0.0446 e. The van der Waals surface area contributed by atoms with E-state index in [1.54, 1.807) is 13.0 Å². The van der Waals surface area contributed by atoms with Gasteiger partial charge >= 0.3 is 0 Å². The fraction of sp³-hybridized carbons (Fsp3) is 0.300. The summed E-state index contributed by atoms with van der Waals surface area (Å²) in [6, 6.07) is 5.51. The standard InChI is InChI=1S/C10H13ClN2/c1-3-13-10-6-8(11)4-5-9(10)7(2)12/h4-6,12-13H,3H2,1-2H3. The van der Waals surface area contributed by atoms with Crippen LogP contribution >= 0.6 is 11.6 Å². The average Bonchev–Trinajstić information content (AvgIpc) is 2.04. The summed E-state index contributed by atoms with van der Waals surface area (Å²) in [6.07, 6.45) is 0. The molecule has 0 spiro atoms. The maximum atomic E-state index is 7.54. The molecule has 70 valence electrons. The lowest BCUT2D eigenvalue weighted by atomic mass is 10.1. The number of nitrogens with one attached hydrogen (secondary N) is 2. The van der Waals surface area contributed by atoms with E-state index < -0.39 is 0 Å². The number of rotatable bonds is 3. The van der Waals surface area contributed by atoms with Gasteiger partial charge in [-0.25, -0.2) is 0 Å². The van der Waals surface area contributed by atoms with Crippen LogP contribution < -0.4 is 5.32 Å². The van der Waals surface area contributed by atoms with Gasteiger partial charge in [-0.15, -0.1) is 0 Å². The van der Waals surface area contributed by atoms with Gasteiger partial charge in [0, 0.05) is 28.5 Å². The van der Waals surface area contributed by atoms with E-state index in [9.17, 15) is 0 Å². The highest BCUT2D eigenvalue weighted by atomic mass is 35.5. The third-order valence-electron chi connectivity index (χ3n) is 1.75. The van der Waals surface area contributed by atoms with Crippen molar-refractivity contribution in [3.8, 4) is 0 Å². The lowest BCUT2D eigenvalue weighted by Gasteiger charge is -2.09. The first-order valence-corrected chi connectivity index (χ1v) is 4.62. The minimum atomic E-state index is 0.549. The molecule has 0 aliphatic heterocycles. The lowest BCUT2D eigenvalue weighted by Crippen LogP contribution is -2.03. The number of halogens is 1. The van der Waals surface area contributed by atoms with Gasteiger partial charge in [0.2, 0.25) is 0 Å². The summed E-state index contributed by atoms with van der Waals surface area (Å²) in [6.45, 7) is 4.62. The molecular formula is C10H13ClN2. The van der Waals surface area contributed by atoms with Crippen LogP contribution in [0.25, 0.3) is 0 Å². The van der Waals surface area contributed by atoms with E-state index in [0.717, 1.165) is 17.8 Å². The van der Waals surface area contributed by atoms with E-state index in [1.807, 2.05) is 19.1 Å². The number of anilines is 1. The molecule has 1 rings (SSSR count). The molecule has 0 unspecified atom stereocenters. The van der Waals surface area contributed by atoms with Crippen LogP contribution in [0.1, 0.15) is 19.4 Å². The fourth-order valence-electron chi connectivity index (χ4n) is 1.18. The summed E-state index contributed by atoms with van der Waals surface area (Å²) in [4.78, 5) is 0. The topological polar surface area (TPSA) is 35.9 Å². The molecule has 3 heteroatoms. The minimum absolute atomic E-state index is 0.549. The van der Waals surface area contributed by atoms with E-state index in [-0.39, 0.29) is 0 Å². The first-order valence-electron chi connectivity index (χ1n) is 4.24. The molecule has 1 aromatic rings. The molecule has 0 heterocycles. The fourth-order valence-corrected chi connectivity index (χ4v) is 1.35. The summed E-state index contributed by atoms with van der Waals surface area (Å²) in [7, 11) is 0. The van der Waals surface area contributed by atoms with Crippen molar-refractivity contribution in [2.45, 2.75) is 13.8 Å². The Morgan fingerprint density at radius 3 is 2.77 bits per heavy atom. The highest BCUT2D eigenvalue weighted by Gasteiger charge is 2.03. The molecule has 0 fully saturated rings. The Hall–Kier alpha value is -1.02. The Kier molecular flexibility index (Phi) is 3.32. The van der Waals surface area contributed by atoms with E-state index in [2.05, 4.69) is 5.32 Å². The van der Waals surface area contributed by atoms with Crippen molar-refractivity contribution >= 4 is 23.0 Å². The van der Waals surface area contributed by atoms with Crippen LogP contribution in [0.4, 0.5) is 5.69 Å². The molecular weight excluding hydrogens is 184 g/mol. The van der Waals surface area contributed by atoms with Gasteiger partial charge < -0.3 is 10.7 Å². The Bertz CT molecular complexity index is 321. The van der Waals surface area contributed by atoms with Gasteiger partial charge in [-0.2, -0.15) is 0 Å². The van der Waals surface area contributed by atoms with Gasteiger partial charge in [-0.3, -0.25) is 0 Å². The van der Waals surface area contributed by atoms with Crippen molar-refractivity contribution in [1.82, 2.24) is 0 Å². The van der Waals surface area contributed by atoms with Gasteiger partial charge in [0.1, 0.15) is 0 Å². The molecule has 0 atom stereocenters. The van der Waals surface area contributed by atoms with E-state index >= 15 is 0 Å². The van der Waals surface area contributed by atoms with Crippen molar-refractivity contribution in [3.63, 3.8) is 0 Å². The van der Waals surface area contributed by atoms with Gasteiger partial charge in [0.25, 0.3) is 0 Å². The highest BCUT2D eigenvalue weighted by molar-refractivity contribution is 6.31. The SMILES string of the molecule is CCNc1cc(Cl)ccc1C(C)=N. The summed E-state index contributed by atoms with van der Waals surface area (Å²) in [5, 5.41) is 11.4. The molecule has 0 amide bonds. The molecule has 13 heavy (non-hydrogen) atoms. The summed E-state index contributed by atoms with van der Waals surface area (Å²) < 4.78 is 0. The molecule has 0 saturated carbocycles. The molecule has 0 radical (unpaired) electrons. The third kappa shape index (κ3) is 2.46. The van der Waals surface area contributed by atoms with Crippen LogP contribution in [-0.2, 0) is 0 Å². The zero-order valence-electron chi connectivity index (χ0n) is 7.82. The maximum Gasteiger partial charge on any atom is 0.0446 e. The quantitative estimate of drug-likeness (QED) is 0.716. The minimum Gasteiger partial charge on any atom is -0.385 e. The van der Waals surface area contributed by atoms with Gasteiger partial charge in [0.05, 0.1) is 0 Å². The molecule has 2 nitrogen and oxygen atoms in total. The van der Waals surface area contributed by atoms with Crippen molar-refractivity contribution in [3.05, 3.63) is 28.8 Å². The lowest BCUT2D eigenvalue weighted by molar-refractivity contribution is 1.21. The zero-order valence-corrected chi connectivity index (χ0v) is 8.57. The van der Waals surface area contributed by atoms with Crippen LogP contribution in [0.5, 0.6) is 0 Å². The first-order chi connectivity index (χ1) is 6.15. The van der Waals surface area contributed by atoms with Crippen molar-refractivity contribution < 1.29 is 0 Å². The van der Waals surface area contributed by atoms with E-state index in [1.165, 1.54) is 0 Å². The Morgan fingerprint density at radius 1 is 1.54 bits per heavy atom. The molecule has 1 aromatic carbocycles. The zero-order chi connectivity index (χ0) is 9.84. The second-order valence-electron chi connectivity index (χ2n) is 2.85. The largest absolute Gasteiger partial charge is 0.385 e. The van der Waals surface area contributed by atoms with Crippen LogP contribution in [0, 0.1) is 5.41 Å². The van der Waals surface area contributed by atoms with Crippen molar-refractivity contribution in [1.29, 1.82) is 5.41 Å². The van der Waals surface area contributed by atoms with Crippen molar-refractivity contribution in [2.24, 2.45) is 0 Å². The molecule has 0 saturated heterocycles. The third-order valence-corrected chi connectivity index (χ3v) is 1.99. The number of benzene rings is 1. The maximum absolute atomic E-state index is 7.54. The molecule has 0 aliphatic rings. The van der Waals surface area contributed by atoms with Gasteiger partial charge in [-0.05, 0) is 32.0 Å². The Balaban J connectivity index is 3.10. The predicted octanol–water partition coefficient (Wildman–Crippen LogP) is 3.16. The Labute approximate surface area is 83.4 Å². The second-order valence-corrected chi connectivity index (χ2v) is 3.28. The number of hydrogen-bond acceptors (Lipinski definition) is 2. The van der Waals surface area contributed by atoms with Crippen LogP contribution in [0.3, 0.4) is 0 Å². The summed E-state index contributed by atoms with van der Waals surface area (Å²) in [5.41, 5.74) is 2.39. The Morgan fingerprint density at radius 2 is 2.23 bits per heavy atom. The molecule has 0 aliphatic carbocycles. The van der Waals surface area contributed by atoms with Gasteiger partial charge in [-0.1, -0.05) is 11.6 Å². The van der Waals surface area contributed by atoms with Crippen LogP contribution in [0.15, 0.2) is 18.2 Å². The van der Waals surface area contributed by atoms with Crippen molar-refractivity contribution in [2.75, 3.05) is 11.9 Å². The monoisotopic (exact) mass is 196 g/mol. The van der Waals surface area contributed by atoms with Crippen LogP contribution in [-0.4, -0.2) is 12.3 Å². The first kappa shape index (κ1) is 10.1. The average molecular weight is 197 g/mol. The molecule has 2 N–H and O–H groups in total. The molecule has 0 bridgehead atoms. The molecule has 0 aromatic heterocycles. The highest BCUT2D eigenvalue weighted by Crippen LogP contribution is 2.21. The summed E-state index contributed by atoms with van der Waals surface area (Å²) in [5.74, 6) is 0. The second kappa shape index (κ2) is 4.28. The number of hydrogen-bond donors (Lipinski definition) is 2. The van der Waals surface area contributed by atoms with E-state index in [0.29, 0.717) is 10.7 Å². The van der Waals surface area contributed by atoms with Crippen LogP contribution in [0.2, 0.25) is 5.02 Å². The van der Waals surface area contributed by atoms with E-state index in [4.69, 9.17) is 17.0 Å². The predicted molar refractivity (Wildman–Crippen MR) is 58.1 cm³/mol. The summed E-state index contributed by atoms with van der Waals surface area (Å²) >= 11 is 5.85. The normalized spacial score (nSPS) is 9.77. The van der Waals surface area contributed by atoms with Gasteiger partial charge in [0.15, 0.2) is 0 Å².